The van der Waals surface area contributed by atoms with Crippen LogP contribution in [0.1, 0.15) is 11.3 Å². The number of nitrogens with zero attached hydrogens (tertiary/aromatic N) is 1. The lowest BCUT2D eigenvalue weighted by molar-refractivity contribution is -0.141. The van der Waals surface area contributed by atoms with E-state index in [2.05, 4.69) is 28.5 Å². The van der Waals surface area contributed by atoms with Crippen LogP contribution in [-0.2, 0) is 25.7 Å². The summed E-state index contributed by atoms with van der Waals surface area (Å²) in [6.07, 6.45) is 5.05. The quantitative estimate of drug-likeness (QED) is 0.671. The molecule has 22 heavy (non-hydrogen) atoms. The van der Waals surface area contributed by atoms with Gasteiger partial charge in [0, 0.05) is 11.9 Å². The smallest absolute Gasteiger partial charge is 0.325 e. The molecule has 1 heterocycles. The minimum atomic E-state index is -0.556. The van der Waals surface area contributed by atoms with Crippen LogP contribution in [0.15, 0.2) is 25.4 Å². The number of nitrogens with one attached hydrogen (secondary N) is 2. The van der Waals surface area contributed by atoms with Gasteiger partial charge in [-0.1, -0.05) is 19.2 Å². The van der Waals surface area contributed by atoms with Crippen molar-refractivity contribution in [3.05, 3.63) is 36.7 Å². The molecule has 0 aliphatic carbocycles. The van der Waals surface area contributed by atoms with Crippen LogP contribution in [0, 0.1) is 0 Å². The van der Waals surface area contributed by atoms with Crippen molar-refractivity contribution in [2.24, 2.45) is 0 Å². The van der Waals surface area contributed by atoms with E-state index in [1.807, 2.05) is 6.07 Å². The third-order valence-electron chi connectivity index (χ3n) is 2.87. The first-order valence-corrected chi connectivity index (χ1v) is 6.56. The van der Waals surface area contributed by atoms with E-state index in [0.717, 1.165) is 11.3 Å². The Balaban J connectivity index is 2.45. The van der Waals surface area contributed by atoms with E-state index in [1.165, 1.54) is 7.11 Å². The van der Waals surface area contributed by atoms with E-state index in [9.17, 15) is 14.4 Å². The highest BCUT2D eigenvalue weighted by Crippen LogP contribution is 2.13. The topological polar surface area (TPSA) is 89.4 Å². The molecule has 0 radical (unpaired) electrons. The van der Waals surface area contributed by atoms with Crippen molar-refractivity contribution in [2.75, 3.05) is 20.2 Å². The Morgan fingerprint density at radius 2 is 1.86 bits per heavy atom. The predicted molar refractivity (Wildman–Crippen MR) is 82.6 cm³/mol. The molecule has 0 aromatic carbocycles. The van der Waals surface area contributed by atoms with Gasteiger partial charge in [-0.25, -0.2) is 0 Å². The summed E-state index contributed by atoms with van der Waals surface area (Å²) >= 11 is 0. The van der Waals surface area contributed by atoms with Crippen LogP contribution in [0.25, 0.3) is 12.2 Å². The highest BCUT2D eigenvalue weighted by Gasteiger charge is 2.10. The number of esters is 1. The van der Waals surface area contributed by atoms with Crippen molar-refractivity contribution in [3.63, 3.8) is 0 Å². The number of hydrogen-bond acceptors (Lipinski definition) is 4. The lowest BCUT2D eigenvalue weighted by Gasteiger charge is -2.09. The fraction of sp³-hybridized carbons (Fsp3) is 0.267. The maximum absolute atomic E-state index is 11.8. The van der Waals surface area contributed by atoms with E-state index >= 15 is 0 Å². The first kappa shape index (κ1) is 17.2. The molecule has 1 rings (SSSR count). The standard InChI is InChI=1S/C15H19N3O4/c1-4-11-6-7-18(12(11)5-2)10-14(20)16-8-13(19)17-9-15(21)22-3/h4-7H,1-2,8-10H2,3H3,(H,16,20)(H,17,19). The van der Waals surface area contributed by atoms with Gasteiger partial charge >= 0.3 is 5.97 Å². The number of methoxy groups -OCH3 is 1. The minimum absolute atomic E-state index is 0.0550. The third kappa shape index (κ3) is 4.93. The minimum Gasteiger partial charge on any atom is -0.468 e. The van der Waals surface area contributed by atoms with E-state index < -0.39 is 11.9 Å². The van der Waals surface area contributed by atoms with Crippen LogP contribution < -0.4 is 10.6 Å². The van der Waals surface area contributed by atoms with Crippen molar-refractivity contribution in [1.29, 1.82) is 0 Å². The van der Waals surface area contributed by atoms with Gasteiger partial charge in [0.05, 0.1) is 13.7 Å². The molecule has 7 heteroatoms. The first-order chi connectivity index (χ1) is 10.5. The Kier molecular flexibility index (Phi) is 6.62. The molecule has 0 unspecified atom stereocenters. The largest absolute Gasteiger partial charge is 0.468 e. The van der Waals surface area contributed by atoms with Crippen LogP contribution in [0.5, 0.6) is 0 Å². The summed E-state index contributed by atoms with van der Waals surface area (Å²) in [6, 6.07) is 1.82. The van der Waals surface area contributed by atoms with Gasteiger partial charge in [-0.05, 0) is 17.7 Å². The zero-order valence-corrected chi connectivity index (χ0v) is 12.4. The van der Waals surface area contributed by atoms with Gasteiger partial charge in [0.2, 0.25) is 11.8 Å². The van der Waals surface area contributed by atoms with Crippen molar-refractivity contribution >= 4 is 29.9 Å². The summed E-state index contributed by atoms with van der Waals surface area (Å²) in [5.74, 6) is -1.36. The van der Waals surface area contributed by atoms with E-state index in [1.54, 1.807) is 22.9 Å². The molecular weight excluding hydrogens is 286 g/mol. The summed E-state index contributed by atoms with van der Waals surface area (Å²) in [5, 5.41) is 4.79. The van der Waals surface area contributed by atoms with Crippen molar-refractivity contribution in [2.45, 2.75) is 6.54 Å². The summed E-state index contributed by atoms with van der Waals surface area (Å²) in [6.45, 7) is 6.99. The molecule has 118 valence electrons. The molecular formula is C15H19N3O4. The van der Waals surface area contributed by atoms with Crippen molar-refractivity contribution in [1.82, 2.24) is 15.2 Å². The normalized spacial score (nSPS) is 9.68. The number of hydrogen-bond donors (Lipinski definition) is 2. The number of amides is 2. The highest BCUT2D eigenvalue weighted by molar-refractivity contribution is 5.87. The Bertz CT molecular complexity index is 590. The number of ether oxygens (including phenoxy) is 1. The van der Waals surface area contributed by atoms with Gasteiger partial charge in [-0.3, -0.25) is 14.4 Å². The summed E-state index contributed by atoms with van der Waals surface area (Å²) in [4.78, 5) is 34.1. The van der Waals surface area contributed by atoms with Crippen molar-refractivity contribution < 1.29 is 19.1 Å². The van der Waals surface area contributed by atoms with Crippen LogP contribution >= 0.6 is 0 Å². The Labute approximate surface area is 128 Å². The fourth-order valence-corrected chi connectivity index (χ4v) is 1.74. The molecule has 1 aromatic rings. The summed E-state index contributed by atoms with van der Waals surface area (Å²) < 4.78 is 6.08. The van der Waals surface area contributed by atoms with Crippen LogP contribution in [-0.4, -0.2) is 42.6 Å². The van der Waals surface area contributed by atoms with Crippen LogP contribution in [0.3, 0.4) is 0 Å². The molecule has 2 N–H and O–H groups in total. The van der Waals surface area contributed by atoms with E-state index in [0.29, 0.717) is 0 Å². The molecule has 1 aromatic heterocycles. The van der Waals surface area contributed by atoms with Crippen molar-refractivity contribution in [3.8, 4) is 0 Å². The lowest BCUT2D eigenvalue weighted by Crippen LogP contribution is -2.40. The second-order valence-corrected chi connectivity index (χ2v) is 4.32. The maximum atomic E-state index is 11.8. The van der Waals surface area contributed by atoms with Gasteiger partial charge in [-0.15, -0.1) is 0 Å². The van der Waals surface area contributed by atoms with Gasteiger partial charge in [0.1, 0.15) is 13.1 Å². The third-order valence-corrected chi connectivity index (χ3v) is 2.87. The molecule has 0 fully saturated rings. The lowest BCUT2D eigenvalue weighted by atomic mass is 10.2. The van der Waals surface area contributed by atoms with Crippen LogP contribution in [0.4, 0.5) is 0 Å². The molecule has 0 spiro atoms. The molecule has 2 amide bonds. The average molecular weight is 305 g/mol. The number of rotatable bonds is 8. The Hall–Kier alpha value is -2.83. The predicted octanol–water partition coefficient (Wildman–Crippen LogP) is 0.180. The molecule has 7 nitrogen and oxygen atoms in total. The average Bonchev–Trinajstić information content (AvgIpc) is 2.91. The summed E-state index contributed by atoms with van der Waals surface area (Å²) in [7, 11) is 1.22. The van der Waals surface area contributed by atoms with Gasteiger partial charge in [0.15, 0.2) is 0 Å². The zero-order valence-electron chi connectivity index (χ0n) is 12.4. The fourth-order valence-electron chi connectivity index (χ4n) is 1.74. The SMILES string of the molecule is C=Cc1ccn(CC(=O)NCC(=O)NCC(=O)OC)c1C=C. The van der Waals surface area contributed by atoms with Gasteiger partial charge in [-0.2, -0.15) is 0 Å². The molecule has 0 saturated carbocycles. The molecule has 0 bridgehead atoms. The number of carbonyl (C=O) groups excluding carboxylic acids is 3. The van der Waals surface area contributed by atoms with Gasteiger partial charge in [0.25, 0.3) is 0 Å². The first-order valence-electron chi connectivity index (χ1n) is 6.56. The Morgan fingerprint density at radius 3 is 2.45 bits per heavy atom. The monoisotopic (exact) mass is 305 g/mol. The second kappa shape index (κ2) is 8.46. The number of aromatic nitrogens is 1. The second-order valence-electron chi connectivity index (χ2n) is 4.32. The summed E-state index contributed by atoms with van der Waals surface area (Å²) in [5.41, 5.74) is 1.65. The molecule has 0 aliphatic rings. The Morgan fingerprint density at radius 1 is 1.18 bits per heavy atom. The van der Waals surface area contributed by atoms with E-state index in [-0.39, 0.29) is 25.5 Å². The molecule has 0 atom stereocenters. The van der Waals surface area contributed by atoms with Crippen LogP contribution in [0.2, 0.25) is 0 Å². The molecule has 0 saturated heterocycles. The molecule has 0 aliphatic heterocycles. The highest BCUT2D eigenvalue weighted by atomic mass is 16.5. The maximum Gasteiger partial charge on any atom is 0.325 e. The zero-order chi connectivity index (χ0) is 16.5. The van der Waals surface area contributed by atoms with Gasteiger partial charge < -0.3 is 19.9 Å². The van der Waals surface area contributed by atoms with E-state index in [4.69, 9.17) is 0 Å². The number of carbonyl (C=O) groups is 3.